The Bertz CT molecular complexity index is 602. The van der Waals surface area contributed by atoms with E-state index < -0.39 is 20.6 Å². The fourth-order valence-corrected chi connectivity index (χ4v) is 2.36. The van der Waals surface area contributed by atoms with Gasteiger partial charge in [0.2, 0.25) is 0 Å². The second-order valence-electron chi connectivity index (χ2n) is 5.31. The lowest BCUT2D eigenvalue weighted by Crippen LogP contribution is -2.32. The molecule has 3 N–H and O–H groups in total. The molecule has 0 atom stereocenters. The van der Waals surface area contributed by atoms with E-state index in [0.29, 0.717) is 0 Å². The summed E-state index contributed by atoms with van der Waals surface area (Å²) in [6.45, 7) is 4.65. The molecule has 0 bridgehead atoms. The highest BCUT2D eigenvalue weighted by atomic mass is 32.2. The van der Waals surface area contributed by atoms with Crippen LogP contribution in [0.1, 0.15) is 31.1 Å². The van der Waals surface area contributed by atoms with Gasteiger partial charge in [0.25, 0.3) is 0 Å². The molecule has 0 spiro atoms. The van der Waals surface area contributed by atoms with Crippen LogP contribution in [-0.4, -0.2) is 36.6 Å². The molecule has 1 rings (SSSR count). The Balaban J connectivity index is 2.85. The third-order valence-corrected chi connectivity index (χ3v) is 5.38. The zero-order valence-corrected chi connectivity index (χ0v) is 12.5. The highest BCUT2D eigenvalue weighted by Crippen LogP contribution is 2.26. The van der Waals surface area contributed by atoms with Crippen LogP contribution in [0.25, 0.3) is 0 Å². The first kappa shape index (κ1) is 16.3. The van der Waals surface area contributed by atoms with Crippen molar-refractivity contribution >= 4 is 21.5 Å². The third-order valence-electron chi connectivity index (χ3n) is 2.81. The molecule has 1 aromatic carbocycles. The van der Waals surface area contributed by atoms with Gasteiger partial charge in [-0.2, -0.15) is 0 Å². The Morgan fingerprint density at radius 3 is 2.45 bits per heavy atom. The van der Waals surface area contributed by atoms with E-state index in [-0.39, 0.29) is 29.4 Å². The van der Waals surface area contributed by atoms with Crippen molar-refractivity contribution in [3.63, 3.8) is 0 Å². The summed E-state index contributed by atoms with van der Waals surface area (Å²) in [5.41, 5.74) is 5.74. The van der Waals surface area contributed by atoms with Crippen molar-refractivity contribution in [2.75, 3.05) is 18.1 Å². The van der Waals surface area contributed by atoms with Gasteiger partial charge in [-0.05, 0) is 32.9 Å². The van der Waals surface area contributed by atoms with E-state index in [1.807, 2.05) is 0 Å². The number of nitrogens with two attached hydrogens (primary N) is 1. The lowest BCUT2D eigenvalue weighted by molar-refractivity contribution is 0.0692. The van der Waals surface area contributed by atoms with E-state index in [9.17, 15) is 13.2 Å². The minimum atomic E-state index is -3.33. The molecule has 0 aromatic heterocycles. The smallest absolute Gasteiger partial charge is 0.339 e. The van der Waals surface area contributed by atoms with Gasteiger partial charge in [0.05, 0.1) is 16.2 Å². The number of nitrogen functional groups attached to an aromatic ring is 1. The number of rotatable bonds is 5. The number of aromatic carboxylic acids is 1. The van der Waals surface area contributed by atoms with Crippen LogP contribution in [0.4, 0.5) is 5.69 Å². The molecule has 1 aromatic rings. The number of para-hydroxylation sites is 1. The van der Waals surface area contributed by atoms with Crippen molar-refractivity contribution in [1.29, 1.82) is 0 Å². The number of ether oxygens (including phenoxy) is 1. The zero-order valence-electron chi connectivity index (χ0n) is 11.7. The SMILES string of the molecule is CC(C)(C)S(=O)(=O)CCOc1c(N)cccc1C(=O)O. The first-order chi connectivity index (χ1) is 9.06. The highest BCUT2D eigenvalue weighted by Gasteiger charge is 2.28. The van der Waals surface area contributed by atoms with E-state index in [2.05, 4.69) is 0 Å². The summed E-state index contributed by atoms with van der Waals surface area (Å²) in [7, 11) is -3.33. The van der Waals surface area contributed by atoms with E-state index in [0.717, 1.165) is 0 Å². The normalized spacial score (nSPS) is 12.2. The third kappa shape index (κ3) is 3.63. The van der Waals surface area contributed by atoms with Gasteiger partial charge in [-0.15, -0.1) is 0 Å². The average Bonchev–Trinajstić information content (AvgIpc) is 2.29. The minimum Gasteiger partial charge on any atom is -0.489 e. The molecule has 0 amide bonds. The maximum Gasteiger partial charge on any atom is 0.339 e. The number of benzene rings is 1. The quantitative estimate of drug-likeness (QED) is 0.799. The summed E-state index contributed by atoms with van der Waals surface area (Å²) in [4.78, 5) is 11.0. The predicted octanol–water partition coefficient (Wildman–Crippen LogP) is 1.56. The summed E-state index contributed by atoms with van der Waals surface area (Å²) in [5.74, 6) is -1.38. The van der Waals surface area contributed by atoms with Gasteiger partial charge in [-0.1, -0.05) is 6.07 Å². The van der Waals surface area contributed by atoms with Gasteiger partial charge in [-0.3, -0.25) is 0 Å². The number of hydrogen-bond donors (Lipinski definition) is 2. The lowest BCUT2D eigenvalue weighted by Gasteiger charge is -2.19. The van der Waals surface area contributed by atoms with Crippen molar-refractivity contribution in [3.8, 4) is 5.75 Å². The lowest BCUT2D eigenvalue weighted by atomic mass is 10.2. The molecule has 0 fully saturated rings. The predicted molar refractivity (Wildman–Crippen MR) is 76.8 cm³/mol. The molecule has 0 heterocycles. The Morgan fingerprint density at radius 2 is 1.95 bits per heavy atom. The largest absolute Gasteiger partial charge is 0.489 e. The van der Waals surface area contributed by atoms with Crippen molar-refractivity contribution in [3.05, 3.63) is 23.8 Å². The molecule has 7 heteroatoms. The van der Waals surface area contributed by atoms with Crippen LogP contribution in [0.3, 0.4) is 0 Å². The van der Waals surface area contributed by atoms with Crippen LogP contribution in [0.5, 0.6) is 5.75 Å². The second-order valence-corrected chi connectivity index (χ2v) is 8.17. The molecule has 0 aliphatic carbocycles. The molecule has 0 saturated heterocycles. The summed E-state index contributed by atoms with van der Waals surface area (Å²) in [6.07, 6.45) is 0. The number of carbonyl (C=O) groups is 1. The van der Waals surface area contributed by atoms with E-state index >= 15 is 0 Å². The zero-order chi connectivity index (χ0) is 15.6. The van der Waals surface area contributed by atoms with Gasteiger partial charge in [0.1, 0.15) is 12.2 Å². The molecule has 6 nitrogen and oxygen atoms in total. The maximum absolute atomic E-state index is 11.9. The summed E-state index contributed by atoms with van der Waals surface area (Å²) in [5, 5.41) is 9.02. The molecular formula is C13H19NO5S. The van der Waals surface area contributed by atoms with E-state index in [1.54, 1.807) is 20.8 Å². The molecule has 0 aliphatic heterocycles. The van der Waals surface area contributed by atoms with Crippen LogP contribution in [0.2, 0.25) is 0 Å². The van der Waals surface area contributed by atoms with Gasteiger partial charge in [0, 0.05) is 0 Å². The average molecular weight is 301 g/mol. The summed E-state index contributed by atoms with van der Waals surface area (Å²) < 4.78 is 28.2. The number of carboxylic acids is 1. The van der Waals surface area contributed by atoms with E-state index in [1.165, 1.54) is 18.2 Å². The van der Waals surface area contributed by atoms with Crippen LogP contribution in [-0.2, 0) is 9.84 Å². The Kier molecular flexibility index (Phi) is 4.65. The van der Waals surface area contributed by atoms with Crippen LogP contribution < -0.4 is 10.5 Å². The second kappa shape index (κ2) is 5.70. The maximum atomic E-state index is 11.9. The van der Waals surface area contributed by atoms with Crippen molar-refractivity contribution in [2.24, 2.45) is 0 Å². The van der Waals surface area contributed by atoms with Gasteiger partial charge >= 0.3 is 5.97 Å². The van der Waals surface area contributed by atoms with Crippen molar-refractivity contribution in [2.45, 2.75) is 25.5 Å². The molecule has 20 heavy (non-hydrogen) atoms. The van der Waals surface area contributed by atoms with E-state index in [4.69, 9.17) is 15.6 Å². The topological polar surface area (TPSA) is 107 Å². The first-order valence-electron chi connectivity index (χ1n) is 6.03. The summed E-state index contributed by atoms with van der Waals surface area (Å²) >= 11 is 0. The monoisotopic (exact) mass is 301 g/mol. The molecule has 0 aliphatic rings. The Labute approximate surface area is 118 Å². The molecule has 0 saturated carbocycles. The Hall–Kier alpha value is -1.76. The molecule has 0 unspecified atom stereocenters. The standard InChI is InChI=1S/C13H19NO5S/c1-13(2,3)20(17,18)8-7-19-11-9(12(15)16)5-4-6-10(11)14/h4-6H,7-8,14H2,1-3H3,(H,15,16). The molecular weight excluding hydrogens is 282 g/mol. The highest BCUT2D eigenvalue weighted by molar-refractivity contribution is 7.92. The van der Waals surface area contributed by atoms with Crippen LogP contribution in [0.15, 0.2) is 18.2 Å². The van der Waals surface area contributed by atoms with Crippen molar-refractivity contribution < 1.29 is 23.1 Å². The fraction of sp³-hybridized carbons (Fsp3) is 0.462. The first-order valence-corrected chi connectivity index (χ1v) is 7.68. The van der Waals surface area contributed by atoms with Crippen LogP contribution in [0, 0.1) is 0 Å². The van der Waals surface area contributed by atoms with Gasteiger partial charge < -0.3 is 15.6 Å². The fourth-order valence-electron chi connectivity index (χ4n) is 1.44. The Morgan fingerprint density at radius 1 is 1.35 bits per heavy atom. The number of sulfone groups is 1. The number of hydrogen-bond acceptors (Lipinski definition) is 5. The van der Waals surface area contributed by atoms with Gasteiger partial charge in [0.15, 0.2) is 15.6 Å². The number of anilines is 1. The minimum absolute atomic E-state index is 0.00380. The molecule has 0 radical (unpaired) electrons. The van der Waals surface area contributed by atoms with Gasteiger partial charge in [-0.25, -0.2) is 13.2 Å². The van der Waals surface area contributed by atoms with Crippen molar-refractivity contribution in [1.82, 2.24) is 0 Å². The summed E-state index contributed by atoms with van der Waals surface area (Å²) in [6, 6.07) is 4.35. The number of carboxylic acid groups (broad SMARTS) is 1. The van der Waals surface area contributed by atoms with Crippen LogP contribution >= 0.6 is 0 Å². The molecule has 112 valence electrons.